The van der Waals surface area contributed by atoms with Crippen LogP contribution in [0.2, 0.25) is 0 Å². The van der Waals surface area contributed by atoms with Crippen LogP contribution in [0.3, 0.4) is 0 Å². The fraction of sp³-hybridized carbons (Fsp3) is 0.667. The van der Waals surface area contributed by atoms with Gasteiger partial charge in [-0.1, -0.05) is 0 Å². The Morgan fingerprint density at radius 2 is 2.11 bits per heavy atom. The van der Waals surface area contributed by atoms with Gasteiger partial charge in [-0.05, 0) is 7.05 Å². The van der Waals surface area contributed by atoms with Gasteiger partial charge in [0.15, 0.2) is 0 Å². The van der Waals surface area contributed by atoms with Crippen LogP contribution in [0.4, 0.5) is 5.69 Å². The van der Waals surface area contributed by atoms with Crippen molar-refractivity contribution in [2.45, 2.75) is 12.6 Å². The molecule has 7 nitrogen and oxygen atoms in total. The number of anilines is 1. The molecule has 1 aromatic heterocycles. The molecular formula is C12H21N5O2. The van der Waals surface area contributed by atoms with Crippen molar-refractivity contribution < 1.29 is 5.11 Å². The standard InChI is InChI=1S/C12H21N5O2/c1-15-2-4-16(5-3-15)10-6-12(19)17(14-8-10)9-11(18)7-13/h6,8,11,18H,2-5,7,9,13H2,1H3. The summed E-state index contributed by atoms with van der Waals surface area (Å²) in [7, 11) is 2.09. The van der Waals surface area contributed by atoms with Crippen molar-refractivity contribution in [3.8, 4) is 0 Å². The Morgan fingerprint density at radius 1 is 1.42 bits per heavy atom. The molecule has 0 aromatic carbocycles. The molecule has 1 unspecified atom stereocenters. The van der Waals surface area contributed by atoms with Gasteiger partial charge in [-0.3, -0.25) is 4.79 Å². The normalized spacial score (nSPS) is 18.6. The summed E-state index contributed by atoms with van der Waals surface area (Å²) in [4.78, 5) is 16.3. The summed E-state index contributed by atoms with van der Waals surface area (Å²) in [5, 5.41) is 13.5. The van der Waals surface area contributed by atoms with Crippen molar-refractivity contribution >= 4 is 5.69 Å². The molecule has 1 fully saturated rings. The summed E-state index contributed by atoms with van der Waals surface area (Å²) in [6.07, 6.45) is 0.940. The van der Waals surface area contributed by atoms with Crippen molar-refractivity contribution in [1.29, 1.82) is 0 Å². The third kappa shape index (κ3) is 3.52. The second kappa shape index (κ2) is 6.14. The van der Waals surface area contributed by atoms with Crippen LogP contribution < -0.4 is 16.2 Å². The van der Waals surface area contributed by atoms with Crippen LogP contribution in [-0.2, 0) is 6.54 Å². The lowest BCUT2D eigenvalue weighted by Gasteiger charge is -2.33. The van der Waals surface area contributed by atoms with Gasteiger partial charge in [-0.25, -0.2) is 4.68 Å². The highest BCUT2D eigenvalue weighted by molar-refractivity contribution is 5.43. The Kier molecular flexibility index (Phi) is 4.52. The molecule has 2 heterocycles. The number of aliphatic hydroxyl groups excluding tert-OH is 1. The third-order valence-corrected chi connectivity index (χ3v) is 3.38. The molecule has 7 heteroatoms. The van der Waals surface area contributed by atoms with Gasteiger partial charge in [0.25, 0.3) is 5.56 Å². The number of rotatable bonds is 4. The number of piperazine rings is 1. The van der Waals surface area contributed by atoms with Gasteiger partial charge in [0.2, 0.25) is 0 Å². The monoisotopic (exact) mass is 267 g/mol. The van der Waals surface area contributed by atoms with Gasteiger partial charge in [-0.15, -0.1) is 0 Å². The molecule has 0 bridgehead atoms. The largest absolute Gasteiger partial charge is 0.390 e. The molecule has 19 heavy (non-hydrogen) atoms. The molecule has 0 radical (unpaired) electrons. The van der Waals surface area contributed by atoms with E-state index in [1.54, 1.807) is 12.3 Å². The predicted octanol–water partition coefficient (Wildman–Crippen LogP) is -1.69. The Hall–Kier alpha value is -1.44. The number of nitrogens with zero attached hydrogens (tertiary/aromatic N) is 4. The van der Waals surface area contributed by atoms with E-state index in [2.05, 4.69) is 21.9 Å². The lowest BCUT2D eigenvalue weighted by molar-refractivity contribution is 0.155. The Labute approximate surface area is 112 Å². The minimum absolute atomic E-state index is 0.119. The van der Waals surface area contributed by atoms with E-state index in [0.29, 0.717) is 0 Å². The highest BCUT2D eigenvalue weighted by Gasteiger charge is 2.15. The molecule has 1 atom stereocenters. The van der Waals surface area contributed by atoms with Crippen molar-refractivity contribution in [3.05, 3.63) is 22.6 Å². The van der Waals surface area contributed by atoms with Crippen LogP contribution in [0, 0.1) is 0 Å². The summed E-state index contributed by atoms with van der Waals surface area (Å²) < 4.78 is 1.25. The maximum Gasteiger partial charge on any atom is 0.268 e. The summed E-state index contributed by atoms with van der Waals surface area (Å²) in [5.74, 6) is 0. The van der Waals surface area contributed by atoms with Crippen molar-refractivity contribution in [2.75, 3.05) is 44.7 Å². The molecule has 2 rings (SSSR count). The molecule has 0 aliphatic carbocycles. The maximum atomic E-state index is 11.9. The van der Waals surface area contributed by atoms with E-state index in [1.807, 2.05) is 0 Å². The molecule has 1 aromatic rings. The first-order valence-corrected chi connectivity index (χ1v) is 6.49. The number of hydrogen-bond donors (Lipinski definition) is 2. The number of aromatic nitrogens is 2. The van der Waals surface area contributed by atoms with Gasteiger partial charge >= 0.3 is 0 Å². The fourth-order valence-corrected chi connectivity index (χ4v) is 2.07. The smallest absolute Gasteiger partial charge is 0.268 e. The van der Waals surface area contributed by atoms with Gasteiger partial charge < -0.3 is 20.6 Å². The lowest BCUT2D eigenvalue weighted by atomic mass is 10.3. The number of aliphatic hydroxyl groups is 1. The quantitative estimate of drug-likeness (QED) is 0.677. The van der Waals surface area contributed by atoms with Gasteiger partial charge in [0, 0.05) is 38.8 Å². The Morgan fingerprint density at radius 3 is 2.68 bits per heavy atom. The zero-order valence-electron chi connectivity index (χ0n) is 11.2. The van der Waals surface area contributed by atoms with E-state index in [-0.39, 0.29) is 18.6 Å². The van der Waals surface area contributed by atoms with Gasteiger partial charge in [-0.2, -0.15) is 5.10 Å². The van der Waals surface area contributed by atoms with Crippen LogP contribution in [0.1, 0.15) is 0 Å². The first kappa shape index (κ1) is 14.0. The molecule has 106 valence electrons. The second-order valence-electron chi connectivity index (χ2n) is 4.91. The van der Waals surface area contributed by atoms with Crippen LogP contribution in [0.15, 0.2) is 17.1 Å². The van der Waals surface area contributed by atoms with Gasteiger partial charge in [0.1, 0.15) is 0 Å². The van der Waals surface area contributed by atoms with E-state index < -0.39 is 6.10 Å². The molecule has 3 N–H and O–H groups in total. The molecule has 0 saturated carbocycles. The first-order chi connectivity index (χ1) is 9.10. The van der Waals surface area contributed by atoms with Crippen LogP contribution in [0.5, 0.6) is 0 Å². The predicted molar refractivity (Wildman–Crippen MR) is 73.3 cm³/mol. The van der Waals surface area contributed by atoms with Crippen molar-refractivity contribution in [3.63, 3.8) is 0 Å². The van der Waals surface area contributed by atoms with E-state index in [0.717, 1.165) is 31.9 Å². The highest BCUT2D eigenvalue weighted by Crippen LogP contribution is 2.11. The minimum atomic E-state index is -0.736. The average Bonchev–Trinajstić information content (AvgIpc) is 2.41. The van der Waals surface area contributed by atoms with Crippen LogP contribution >= 0.6 is 0 Å². The van der Waals surface area contributed by atoms with Crippen molar-refractivity contribution in [1.82, 2.24) is 14.7 Å². The summed E-state index contributed by atoms with van der Waals surface area (Å²) in [6.45, 7) is 4.01. The zero-order valence-corrected chi connectivity index (χ0v) is 11.2. The number of hydrogen-bond acceptors (Lipinski definition) is 6. The van der Waals surface area contributed by atoms with Gasteiger partial charge in [0.05, 0.1) is 24.5 Å². The van der Waals surface area contributed by atoms with Crippen LogP contribution in [0.25, 0.3) is 0 Å². The fourth-order valence-electron chi connectivity index (χ4n) is 2.07. The zero-order chi connectivity index (χ0) is 13.8. The van der Waals surface area contributed by atoms with Crippen LogP contribution in [-0.4, -0.2) is 65.7 Å². The SMILES string of the molecule is CN1CCN(c2cnn(CC(O)CN)c(=O)c2)CC1. The molecule has 0 amide bonds. The van der Waals surface area contributed by atoms with Crippen molar-refractivity contribution in [2.24, 2.45) is 5.73 Å². The molecule has 0 spiro atoms. The molecule has 1 aliphatic heterocycles. The third-order valence-electron chi connectivity index (χ3n) is 3.38. The van der Waals surface area contributed by atoms with E-state index >= 15 is 0 Å². The van der Waals surface area contributed by atoms with E-state index in [4.69, 9.17) is 5.73 Å². The van der Waals surface area contributed by atoms with E-state index in [9.17, 15) is 9.90 Å². The number of nitrogens with two attached hydrogens (primary N) is 1. The summed E-state index contributed by atoms with van der Waals surface area (Å²) >= 11 is 0. The Balaban J connectivity index is 2.08. The topological polar surface area (TPSA) is 87.6 Å². The highest BCUT2D eigenvalue weighted by atomic mass is 16.3. The molecule has 1 saturated heterocycles. The Bertz CT molecular complexity index is 467. The van der Waals surface area contributed by atoms with E-state index in [1.165, 1.54) is 4.68 Å². The summed E-state index contributed by atoms with van der Waals surface area (Å²) in [5.41, 5.74) is 5.96. The average molecular weight is 267 g/mol. The maximum absolute atomic E-state index is 11.9. The number of likely N-dealkylation sites (N-methyl/N-ethyl adjacent to an activating group) is 1. The minimum Gasteiger partial charge on any atom is -0.390 e. The second-order valence-corrected chi connectivity index (χ2v) is 4.91. The molecule has 1 aliphatic rings. The summed E-state index contributed by atoms with van der Waals surface area (Å²) in [6, 6.07) is 1.57. The molecular weight excluding hydrogens is 246 g/mol. The first-order valence-electron chi connectivity index (χ1n) is 6.49. The lowest BCUT2D eigenvalue weighted by Crippen LogP contribution is -2.45.